The Bertz CT molecular complexity index is 1300. The van der Waals surface area contributed by atoms with E-state index in [1.807, 2.05) is 0 Å². The molecule has 0 bridgehead atoms. The second kappa shape index (κ2) is 12.8. The summed E-state index contributed by atoms with van der Waals surface area (Å²) in [6.45, 7) is 0.307. The molecular weight excluding hydrogens is 478 g/mol. The quantitative estimate of drug-likeness (QED) is 0.0955. The summed E-state index contributed by atoms with van der Waals surface area (Å²) < 4.78 is 5.93. The molecular formula is C28H25NO8. The molecule has 3 aromatic rings. The minimum atomic E-state index is -1.27. The van der Waals surface area contributed by atoms with Crippen molar-refractivity contribution >= 4 is 36.1 Å². The van der Waals surface area contributed by atoms with E-state index < -0.39 is 16.9 Å². The maximum absolute atomic E-state index is 12.0. The third kappa shape index (κ3) is 7.11. The second-order valence-corrected chi connectivity index (χ2v) is 8.14. The molecule has 0 radical (unpaired) electrons. The van der Waals surface area contributed by atoms with E-state index in [4.69, 9.17) is 4.74 Å². The fraction of sp³-hybridized carbons (Fsp3) is 0.179. The van der Waals surface area contributed by atoms with Crippen molar-refractivity contribution in [3.8, 4) is 16.9 Å². The zero-order valence-electron chi connectivity index (χ0n) is 19.8. The number of benzene rings is 3. The molecule has 37 heavy (non-hydrogen) atoms. The molecule has 0 aromatic heterocycles. The molecule has 0 unspecified atom stereocenters. The van der Waals surface area contributed by atoms with Gasteiger partial charge in [-0.1, -0.05) is 24.3 Å². The Balaban J connectivity index is 2.01. The van der Waals surface area contributed by atoms with Crippen molar-refractivity contribution in [1.29, 1.82) is 0 Å². The molecule has 0 aliphatic carbocycles. The van der Waals surface area contributed by atoms with E-state index in [0.29, 0.717) is 41.9 Å². The van der Waals surface area contributed by atoms with E-state index >= 15 is 0 Å². The zero-order chi connectivity index (χ0) is 26.8. The van der Waals surface area contributed by atoms with Gasteiger partial charge in [-0.3, -0.25) is 10.1 Å². The number of nitro groups is 1. The predicted octanol–water partition coefficient (Wildman–Crippen LogP) is 5.97. The molecule has 0 atom stereocenters. The van der Waals surface area contributed by atoms with Gasteiger partial charge >= 0.3 is 11.9 Å². The smallest absolute Gasteiger partial charge is 0.336 e. The first-order chi connectivity index (χ1) is 17.8. The lowest BCUT2D eigenvalue weighted by Gasteiger charge is -2.16. The number of aromatic carboxylic acids is 2. The van der Waals surface area contributed by atoms with E-state index in [1.54, 1.807) is 42.5 Å². The number of hydrogen-bond donors (Lipinski definition) is 2. The highest BCUT2D eigenvalue weighted by atomic mass is 16.6. The van der Waals surface area contributed by atoms with Crippen LogP contribution >= 0.6 is 0 Å². The molecule has 9 nitrogen and oxygen atoms in total. The van der Waals surface area contributed by atoms with Gasteiger partial charge in [0.1, 0.15) is 12.0 Å². The first-order valence-corrected chi connectivity index (χ1v) is 11.5. The number of nitrogens with zero attached hydrogens (tertiary/aromatic N) is 1. The maximum Gasteiger partial charge on any atom is 0.336 e. The third-order valence-corrected chi connectivity index (χ3v) is 5.59. The summed E-state index contributed by atoms with van der Waals surface area (Å²) in [6, 6.07) is 15.1. The Morgan fingerprint density at radius 1 is 0.865 bits per heavy atom. The van der Waals surface area contributed by atoms with Gasteiger partial charge in [-0.2, -0.15) is 0 Å². The van der Waals surface area contributed by atoms with Gasteiger partial charge in [0.15, 0.2) is 0 Å². The van der Waals surface area contributed by atoms with Crippen LogP contribution in [0.5, 0.6) is 5.75 Å². The van der Waals surface area contributed by atoms with Gasteiger partial charge in [0.2, 0.25) is 0 Å². The number of unbranched alkanes of at least 4 members (excludes halogenated alkanes) is 3. The lowest BCUT2D eigenvalue weighted by atomic mass is 9.92. The van der Waals surface area contributed by atoms with Gasteiger partial charge in [-0.25, -0.2) is 9.59 Å². The van der Waals surface area contributed by atoms with Crippen molar-refractivity contribution in [2.45, 2.75) is 25.7 Å². The van der Waals surface area contributed by atoms with Crippen molar-refractivity contribution < 1.29 is 34.3 Å². The van der Waals surface area contributed by atoms with E-state index in [1.165, 1.54) is 30.3 Å². The number of non-ortho nitro benzene ring substituents is 1. The summed E-state index contributed by atoms with van der Waals surface area (Å²) in [5.41, 5.74) is 1.32. The van der Waals surface area contributed by atoms with Crippen molar-refractivity contribution in [3.63, 3.8) is 0 Å². The summed E-state index contributed by atoms with van der Waals surface area (Å²) in [5.74, 6) is -2.21. The van der Waals surface area contributed by atoms with Gasteiger partial charge < -0.3 is 19.7 Å². The van der Waals surface area contributed by atoms with Gasteiger partial charge in [-0.05, 0) is 66.8 Å². The molecule has 0 spiro atoms. The van der Waals surface area contributed by atoms with Crippen LogP contribution in [0.3, 0.4) is 0 Å². The number of ether oxygens (including phenoxy) is 1. The molecule has 3 rings (SSSR count). The second-order valence-electron chi connectivity index (χ2n) is 8.14. The van der Waals surface area contributed by atoms with Crippen LogP contribution in [0, 0.1) is 10.1 Å². The molecule has 9 heteroatoms. The number of rotatable bonds is 13. The third-order valence-electron chi connectivity index (χ3n) is 5.59. The van der Waals surface area contributed by atoms with Crippen LogP contribution in [0.15, 0.2) is 60.7 Å². The Morgan fingerprint density at radius 3 is 2.08 bits per heavy atom. The zero-order valence-corrected chi connectivity index (χ0v) is 19.8. The molecule has 190 valence electrons. The number of carbonyl (C=O) groups is 3. The minimum absolute atomic E-state index is 0.0291. The topological polar surface area (TPSA) is 144 Å². The van der Waals surface area contributed by atoms with E-state index in [9.17, 15) is 34.7 Å². The highest BCUT2D eigenvalue weighted by molar-refractivity contribution is 6.06. The van der Waals surface area contributed by atoms with Crippen molar-refractivity contribution in [2.75, 3.05) is 6.61 Å². The van der Waals surface area contributed by atoms with Crippen molar-refractivity contribution in [3.05, 3.63) is 93.0 Å². The summed E-state index contributed by atoms with van der Waals surface area (Å²) in [7, 11) is 0. The summed E-state index contributed by atoms with van der Waals surface area (Å²) in [4.78, 5) is 44.9. The Morgan fingerprint density at radius 2 is 1.49 bits per heavy atom. The molecule has 0 aliphatic rings. The molecule has 0 heterocycles. The largest absolute Gasteiger partial charge is 0.493 e. The molecule has 0 amide bonds. The number of aldehydes is 1. The fourth-order valence-corrected chi connectivity index (χ4v) is 3.76. The summed E-state index contributed by atoms with van der Waals surface area (Å²) in [6.07, 6.45) is 6.97. The van der Waals surface area contributed by atoms with Crippen LogP contribution < -0.4 is 4.74 Å². The fourth-order valence-electron chi connectivity index (χ4n) is 3.76. The van der Waals surface area contributed by atoms with Gasteiger partial charge in [-0.15, -0.1) is 0 Å². The van der Waals surface area contributed by atoms with Gasteiger partial charge in [0.05, 0.1) is 22.7 Å². The lowest BCUT2D eigenvalue weighted by Crippen LogP contribution is -2.08. The first kappa shape index (κ1) is 26.8. The highest BCUT2D eigenvalue weighted by Gasteiger charge is 2.22. The molecule has 0 aliphatic heterocycles. The van der Waals surface area contributed by atoms with Crippen LogP contribution in [0.25, 0.3) is 23.3 Å². The summed E-state index contributed by atoms with van der Waals surface area (Å²) in [5, 5.41) is 30.4. The molecule has 0 fully saturated rings. The average molecular weight is 504 g/mol. The monoisotopic (exact) mass is 503 g/mol. The van der Waals surface area contributed by atoms with Gasteiger partial charge in [0.25, 0.3) is 5.69 Å². The van der Waals surface area contributed by atoms with Gasteiger partial charge in [0, 0.05) is 29.7 Å². The highest BCUT2D eigenvalue weighted by Crippen LogP contribution is 2.37. The average Bonchev–Trinajstić information content (AvgIpc) is 2.89. The van der Waals surface area contributed by atoms with E-state index in [-0.39, 0.29) is 22.4 Å². The Hall–Kier alpha value is -4.79. The molecule has 0 saturated heterocycles. The number of carboxylic acid groups (broad SMARTS) is 2. The predicted molar refractivity (Wildman–Crippen MR) is 138 cm³/mol. The molecule has 0 saturated carbocycles. The minimum Gasteiger partial charge on any atom is -0.493 e. The normalized spacial score (nSPS) is 10.8. The van der Waals surface area contributed by atoms with Crippen LogP contribution in [-0.2, 0) is 4.79 Å². The number of carboxylic acids is 2. The van der Waals surface area contributed by atoms with Crippen molar-refractivity contribution in [2.24, 2.45) is 0 Å². The number of carbonyl (C=O) groups excluding carboxylic acids is 1. The van der Waals surface area contributed by atoms with Crippen LogP contribution in [0.2, 0.25) is 0 Å². The lowest BCUT2D eigenvalue weighted by molar-refractivity contribution is -0.384. The van der Waals surface area contributed by atoms with Crippen LogP contribution in [-0.4, -0.2) is 40.0 Å². The first-order valence-electron chi connectivity index (χ1n) is 11.5. The number of hydrogen-bond acceptors (Lipinski definition) is 6. The summed E-state index contributed by atoms with van der Waals surface area (Å²) >= 11 is 0. The standard InChI is InChI=1S/C28H25NO8/c30-16-3-1-2-4-17-37-25-15-12-20(9-8-19-10-13-21(14-11-19)29(35)36)18-24(25)26-22(27(31)32)6-5-7-23(26)28(33)34/h5-16,18H,1-4,17H2,(H,31,32)(H,33,34). The Labute approximate surface area is 212 Å². The van der Waals surface area contributed by atoms with Crippen LogP contribution in [0.4, 0.5) is 5.69 Å². The van der Waals surface area contributed by atoms with E-state index in [0.717, 1.165) is 19.1 Å². The SMILES string of the molecule is O=CCCCCCOc1ccc(C=Cc2ccc([N+](=O)[O-])cc2)cc1-c1c(C(=O)O)cccc1C(=O)O. The number of nitro benzene ring substituents is 1. The maximum atomic E-state index is 12.0. The molecule has 2 N–H and O–H groups in total. The Kier molecular flexibility index (Phi) is 9.26. The van der Waals surface area contributed by atoms with E-state index in [2.05, 4.69) is 0 Å². The van der Waals surface area contributed by atoms with Crippen molar-refractivity contribution in [1.82, 2.24) is 0 Å². The van der Waals surface area contributed by atoms with Crippen LogP contribution in [0.1, 0.15) is 57.5 Å². The molecule has 3 aromatic carbocycles.